The number of carbonyl (C=O) groups is 1. The summed E-state index contributed by atoms with van der Waals surface area (Å²) in [7, 11) is 0. The molecule has 0 bridgehead atoms. The van der Waals surface area contributed by atoms with Gasteiger partial charge in [0.2, 0.25) is 5.91 Å². The molecule has 0 aromatic heterocycles. The smallest absolute Gasteiger partial charge is 0.247 e. The largest absolute Gasteiger partial charge is 0.388 e. The third-order valence-corrected chi connectivity index (χ3v) is 6.01. The number of hydrogen-bond acceptors (Lipinski definition) is 2. The van der Waals surface area contributed by atoms with E-state index in [1.54, 1.807) is 26.8 Å². The SMILES string of the molecule is C=CC(C#CC1=CCC(C)C(C)C=C1)=CC=C(C(=O)NC(C)C(C)(C)O)C(C)CC. The van der Waals surface area contributed by atoms with Crippen molar-refractivity contribution in [2.75, 3.05) is 0 Å². The lowest BCUT2D eigenvalue weighted by molar-refractivity contribution is -0.120. The predicted octanol–water partition coefficient (Wildman–Crippen LogP) is 5.51. The second-order valence-electron chi connectivity index (χ2n) is 8.95. The van der Waals surface area contributed by atoms with Gasteiger partial charge in [-0.15, -0.1) is 0 Å². The standard InChI is InChI=1S/C27H39NO2/c1-9-19(3)25(26(29)28-22(6)27(7,8)30)18-17-23(10-2)15-16-24-13-11-20(4)21(5)12-14-24/h10-11,13-14,17-22,30H,2,9,12H2,1,3-8H3,(H,28,29). The summed E-state index contributed by atoms with van der Waals surface area (Å²) in [4.78, 5) is 12.8. The highest BCUT2D eigenvalue weighted by molar-refractivity contribution is 5.94. The van der Waals surface area contributed by atoms with E-state index in [2.05, 4.69) is 62.7 Å². The summed E-state index contributed by atoms with van der Waals surface area (Å²) < 4.78 is 0. The first-order valence-corrected chi connectivity index (χ1v) is 11.0. The minimum Gasteiger partial charge on any atom is -0.388 e. The Labute approximate surface area is 183 Å². The van der Waals surface area contributed by atoms with Crippen molar-refractivity contribution >= 4 is 5.91 Å². The molecule has 4 unspecified atom stereocenters. The minimum atomic E-state index is -0.987. The highest BCUT2D eigenvalue weighted by atomic mass is 16.3. The van der Waals surface area contributed by atoms with Crippen molar-refractivity contribution in [1.82, 2.24) is 5.32 Å². The van der Waals surface area contributed by atoms with E-state index >= 15 is 0 Å². The molecule has 1 aliphatic rings. The first kappa shape index (κ1) is 25.7. The topological polar surface area (TPSA) is 49.3 Å². The quantitative estimate of drug-likeness (QED) is 0.331. The maximum absolute atomic E-state index is 12.8. The van der Waals surface area contributed by atoms with Gasteiger partial charge in [-0.25, -0.2) is 0 Å². The van der Waals surface area contributed by atoms with Crippen LogP contribution in [0.3, 0.4) is 0 Å². The molecule has 0 aromatic rings. The summed E-state index contributed by atoms with van der Waals surface area (Å²) in [6, 6.07) is -0.362. The lowest BCUT2D eigenvalue weighted by Gasteiger charge is -2.27. The molecule has 0 saturated carbocycles. The molecule has 0 aromatic carbocycles. The van der Waals surface area contributed by atoms with Crippen LogP contribution in [-0.2, 0) is 4.79 Å². The summed E-state index contributed by atoms with van der Waals surface area (Å²) in [5, 5.41) is 13.0. The Morgan fingerprint density at radius 2 is 2.03 bits per heavy atom. The molecule has 0 fully saturated rings. The van der Waals surface area contributed by atoms with Crippen LogP contribution in [0.5, 0.6) is 0 Å². The van der Waals surface area contributed by atoms with Crippen LogP contribution in [0.1, 0.15) is 61.3 Å². The van der Waals surface area contributed by atoms with Crippen molar-refractivity contribution < 1.29 is 9.90 Å². The number of aliphatic hydroxyl groups is 1. The molecular weight excluding hydrogens is 370 g/mol. The van der Waals surface area contributed by atoms with Gasteiger partial charge in [0.1, 0.15) is 0 Å². The molecule has 2 N–H and O–H groups in total. The minimum absolute atomic E-state index is 0.0877. The lowest BCUT2D eigenvalue weighted by atomic mass is 9.94. The normalized spacial score (nSPS) is 22.2. The zero-order chi connectivity index (χ0) is 22.9. The van der Waals surface area contributed by atoms with Crippen LogP contribution in [0.25, 0.3) is 0 Å². The average Bonchev–Trinajstić information content (AvgIpc) is 2.84. The molecule has 0 saturated heterocycles. The predicted molar refractivity (Wildman–Crippen MR) is 128 cm³/mol. The van der Waals surface area contributed by atoms with E-state index < -0.39 is 5.60 Å². The van der Waals surface area contributed by atoms with Crippen LogP contribution in [-0.4, -0.2) is 22.7 Å². The Bertz CT molecular complexity index is 793. The van der Waals surface area contributed by atoms with Gasteiger partial charge in [0.15, 0.2) is 0 Å². The van der Waals surface area contributed by atoms with Crippen molar-refractivity contribution in [3.05, 3.63) is 59.8 Å². The fourth-order valence-corrected chi connectivity index (χ4v) is 2.76. The van der Waals surface area contributed by atoms with Gasteiger partial charge in [0.25, 0.3) is 0 Å². The monoisotopic (exact) mass is 409 g/mol. The number of amides is 1. The van der Waals surface area contributed by atoms with E-state index in [4.69, 9.17) is 0 Å². The third kappa shape index (κ3) is 8.20. The average molecular weight is 410 g/mol. The second kappa shape index (κ2) is 11.8. The van der Waals surface area contributed by atoms with Gasteiger partial charge in [0.05, 0.1) is 11.6 Å². The molecule has 164 valence electrons. The summed E-state index contributed by atoms with van der Waals surface area (Å²) in [5.41, 5.74) is 1.46. The molecule has 1 aliphatic carbocycles. The van der Waals surface area contributed by atoms with Crippen LogP contribution in [0, 0.1) is 29.6 Å². The van der Waals surface area contributed by atoms with Crippen molar-refractivity contribution in [2.24, 2.45) is 17.8 Å². The van der Waals surface area contributed by atoms with Gasteiger partial charge in [-0.3, -0.25) is 4.79 Å². The van der Waals surface area contributed by atoms with E-state index in [0.717, 1.165) is 24.0 Å². The Hall–Kier alpha value is -2.31. The molecule has 0 spiro atoms. The molecule has 1 amide bonds. The Morgan fingerprint density at radius 1 is 1.37 bits per heavy atom. The number of hydrogen-bond donors (Lipinski definition) is 2. The molecule has 0 heterocycles. The van der Waals surface area contributed by atoms with Crippen molar-refractivity contribution in [2.45, 2.75) is 73.0 Å². The summed E-state index contributed by atoms with van der Waals surface area (Å²) in [5.74, 6) is 7.47. The second-order valence-corrected chi connectivity index (χ2v) is 8.95. The summed E-state index contributed by atoms with van der Waals surface area (Å²) in [6.45, 7) is 17.6. The van der Waals surface area contributed by atoms with E-state index in [1.807, 2.05) is 19.1 Å². The van der Waals surface area contributed by atoms with Crippen LogP contribution >= 0.6 is 0 Å². The van der Waals surface area contributed by atoms with Crippen LogP contribution in [0.15, 0.2) is 59.8 Å². The van der Waals surface area contributed by atoms with Gasteiger partial charge in [-0.2, -0.15) is 0 Å². The Kier molecular flexibility index (Phi) is 10.1. The van der Waals surface area contributed by atoms with E-state index in [1.165, 1.54) is 0 Å². The number of nitrogens with one attached hydrogen (secondary N) is 1. The van der Waals surface area contributed by atoms with Gasteiger partial charge in [-0.1, -0.05) is 76.5 Å². The lowest BCUT2D eigenvalue weighted by Crippen LogP contribution is -2.48. The molecule has 0 aliphatic heterocycles. The summed E-state index contributed by atoms with van der Waals surface area (Å²) >= 11 is 0. The Morgan fingerprint density at radius 3 is 2.60 bits per heavy atom. The molecule has 3 heteroatoms. The van der Waals surface area contributed by atoms with Gasteiger partial charge in [0, 0.05) is 16.7 Å². The number of carbonyl (C=O) groups excluding carboxylic acids is 1. The van der Waals surface area contributed by atoms with Crippen LogP contribution in [0.2, 0.25) is 0 Å². The zero-order valence-corrected chi connectivity index (χ0v) is 19.8. The van der Waals surface area contributed by atoms with Gasteiger partial charge >= 0.3 is 0 Å². The van der Waals surface area contributed by atoms with E-state index in [0.29, 0.717) is 17.4 Å². The third-order valence-electron chi connectivity index (χ3n) is 6.01. The van der Waals surface area contributed by atoms with Crippen molar-refractivity contribution in [3.8, 4) is 11.8 Å². The van der Waals surface area contributed by atoms with Crippen LogP contribution < -0.4 is 5.32 Å². The molecule has 0 radical (unpaired) electrons. The molecule has 4 atom stereocenters. The molecule has 1 rings (SSSR count). The zero-order valence-electron chi connectivity index (χ0n) is 19.8. The molecule has 30 heavy (non-hydrogen) atoms. The maximum Gasteiger partial charge on any atom is 0.247 e. The van der Waals surface area contributed by atoms with Crippen molar-refractivity contribution in [3.63, 3.8) is 0 Å². The van der Waals surface area contributed by atoms with E-state index in [9.17, 15) is 9.90 Å². The van der Waals surface area contributed by atoms with E-state index in [-0.39, 0.29) is 17.9 Å². The number of rotatable bonds is 7. The van der Waals surface area contributed by atoms with Crippen LogP contribution in [0.4, 0.5) is 0 Å². The Balaban J connectivity index is 3.10. The number of allylic oxidation sites excluding steroid dienone is 8. The van der Waals surface area contributed by atoms with Gasteiger partial charge in [-0.05, 0) is 57.4 Å². The highest BCUT2D eigenvalue weighted by Gasteiger charge is 2.26. The molecular formula is C27H39NO2. The summed E-state index contributed by atoms with van der Waals surface area (Å²) in [6.07, 6.45) is 13.7. The molecule has 3 nitrogen and oxygen atoms in total. The first-order chi connectivity index (χ1) is 14.0. The maximum atomic E-state index is 12.8. The van der Waals surface area contributed by atoms with Gasteiger partial charge < -0.3 is 10.4 Å². The van der Waals surface area contributed by atoms with Crippen molar-refractivity contribution in [1.29, 1.82) is 0 Å². The highest BCUT2D eigenvalue weighted by Crippen LogP contribution is 2.22. The fourth-order valence-electron chi connectivity index (χ4n) is 2.76. The fraction of sp³-hybridized carbons (Fsp3) is 0.519. The first-order valence-electron chi connectivity index (χ1n) is 11.0.